The predicted molar refractivity (Wildman–Crippen MR) is 137 cm³/mol. The number of methoxy groups -OCH3 is 1. The molecule has 0 saturated heterocycles. The molecule has 0 spiro atoms. The second kappa shape index (κ2) is 12.0. The van der Waals surface area contributed by atoms with Crippen molar-refractivity contribution in [3.63, 3.8) is 0 Å². The molecule has 0 radical (unpaired) electrons. The number of nitrogens with zero attached hydrogens (tertiary/aromatic N) is 1. The fourth-order valence-electron chi connectivity index (χ4n) is 3.07. The lowest BCUT2D eigenvalue weighted by Crippen LogP contribution is -1.95. The van der Waals surface area contributed by atoms with Gasteiger partial charge in [-0.2, -0.15) is 0 Å². The van der Waals surface area contributed by atoms with Crippen molar-refractivity contribution >= 4 is 56.7 Å². The average Bonchev–Trinajstić information content (AvgIpc) is 3.44. The minimum atomic E-state index is 0.771. The Bertz CT molecular complexity index is 1090. The SMILES string of the molecule is CCCCSc1sc2nc(-c3cccs3)cc(-c3ccccc3)c2c1NC=O.COC. The topological polar surface area (TPSA) is 51.2 Å². The fourth-order valence-corrected chi connectivity index (χ4v) is 6.30. The van der Waals surface area contributed by atoms with E-state index >= 15 is 0 Å². The number of pyridine rings is 1. The molecule has 3 aromatic heterocycles. The third-order valence-electron chi connectivity index (χ3n) is 4.42. The van der Waals surface area contributed by atoms with E-state index in [0.29, 0.717) is 0 Å². The van der Waals surface area contributed by atoms with Crippen LogP contribution in [0.25, 0.3) is 31.9 Å². The first-order valence-electron chi connectivity index (χ1n) is 10.0. The maximum absolute atomic E-state index is 11.4. The maximum Gasteiger partial charge on any atom is 0.211 e. The van der Waals surface area contributed by atoms with Gasteiger partial charge in [0.1, 0.15) is 4.83 Å². The lowest BCUT2D eigenvalue weighted by atomic mass is 10.0. The Hall–Kier alpha value is -2.19. The van der Waals surface area contributed by atoms with E-state index in [-0.39, 0.29) is 0 Å². The van der Waals surface area contributed by atoms with E-state index in [1.807, 2.05) is 24.3 Å². The highest BCUT2D eigenvalue weighted by atomic mass is 32.2. The first-order chi connectivity index (χ1) is 15.2. The van der Waals surface area contributed by atoms with Crippen LogP contribution in [0.3, 0.4) is 0 Å². The van der Waals surface area contributed by atoms with Gasteiger partial charge in [-0.05, 0) is 40.8 Å². The Labute approximate surface area is 195 Å². The molecule has 0 aliphatic carbocycles. The van der Waals surface area contributed by atoms with Crippen LogP contribution in [0.2, 0.25) is 0 Å². The van der Waals surface area contributed by atoms with Gasteiger partial charge >= 0.3 is 0 Å². The molecule has 0 bridgehead atoms. The third-order valence-corrected chi connectivity index (χ3v) is 7.76. The van der Waals surface area contributed by atoms with E-state index in [4.69, 9.17) is 4.98 Å². The number of carbonyl (C=O) groups is 1. The molecule has 1 aromatic carbocycles. The maximum atomic E-state index is 11.4. The molecule has 0 atom stereocenters. The molecule has 0 aliphatic heterocycles. The first-order valence-corrected chi connectivity index (χ1v) is 12.7. The number of aromatic nitrogens is 1. The summed E-state index contributed by atoms with van der Waals surface area (Å²) in [5, 5.41) is 6.06. The van der Waals surface area contributed by atoms with E-state index in [9.17, 15) is 4.79 Å². The Morgan fingerprint density at radius 3 is 2.58 bits per heavy atom. The number of fused-ring (bicyclic) bond motifs is 1. The summed E-state index contributed by atoms with van der Waals surface area (Å²) < 4.78 is 5.38. The number of thiophene rings is 2. The standard InChI is InChI=1S/C22H20N2OS3.C2H6O/c1-2-3-11-27-22-20(23-14-25)19-16(15-8-5-4-6-9-15)13-17(24-21(19)28-22)18-10-7-12-26-18;1-3-2/h4-10,12-14H,2-3,11H2,1H3,(H,23,25);1-2H3. The zero-order chi connectivity index (χ0) is 22.1. The summed E-state index contributed by atoms with van der Waals surface area (Å²) >= 11 is 5.17. The van der Waals surface area contributed by atoms with Crippen LogP contribution in [0.15, 0.2) is 58.1 Å². The van der Waals surface area contributed by atoms with E-state index in [0.717, 1.165) is 66.8 Å². The molecular weight excluding hydrogens is 444 g/mol. The fraction of sp³-hybridized carbons (Fsp3) is 0.250. The quantitative estimate of drug-likeness (QED) is 0.165. The summed E-state index contributed by atoms with van der Waals surface area (Å²) in [6, 6.07) is 16.6. The van der Waals surface area contributed by atoms with Gasteiger partial charge in [-0.25, -0.2) is 4.98 Å². The second-order valence-corrected chi connectivity index (χ2v) is 10.0. The molecule has 3 heterocycles. The second-order valence-electron chi connectivity index (χ2n) is 6.72. The summed E-state index contributed by atoms with van der Waals surface area (Å²) in [5.74, 6) is 1.04. The van der Waals surface area contributed by atoms with Crippen LogP contribution in [0.1, 0.15) is 19.8 Å². The Balaban J connectivity index is 0.000000858. The molecule has 4 rings (SSSR count). The van der Waals surface area contributed by atoms with Crippen molar-refractivity contribution in [1.82, 2.24) is 4.98 Å². The monoisotopic (exact) mass is 470 g/mol. The van der Waals surface area contributed by atoms with Gasteiger partial charge < -0.3 is 10.1 Å². The van der Waals surface area contributed by atoms with Crippen molar-refractivity contribution in [2.24, 2.45) is 0 Å². The Kier molecular flexibility index (Phi) is 9.09. The van der Waals surface area contributed by atoms with Crippen LogP contribution in [-0.2, 0) is 9.53 Å². The van der Waals surface area contributed by atoms with Crippen LogP contribution in [0, 0.1) is 0 Å². The molecule has 162 valence electrons. The van der Waals surface area contributed by atoms with Gasteiger partial charge in [-0.1, -0.05) is 49.7 Å². The number of rotatable bonds is 8. The van der Waals surface area contributed by atoms with E-state index in [1.165, 1.54) is 0 Å². The summed E-state index contributed by atoms with van der Waals surface area (Å²) in [6.07, 6.45) is 3.08. The number of anilines is 1. The third kappa shape index (κ3) is 5.74. The summed E-state index contributed by atoms with van der Waals surface area (Å²) in [5.41, 5.74) is 4.10. The van der Waals surface area contributed by atoms with Crippen LogP contribution >= 0.6 is 34.4 Å². The van der Waals surface area contributed by atoms with Gasteiger partial charge in [0.2, 0.25) is 6.41 Å². The van der Waals surface area contributed by atoms with E-state index < -0.39 is 0 Å². The van der Waals surface area contributed by atoms with Crippen molar-refractivity contribution in [3.05, 3.63) is 53.9 Å². The largest absolute Gasteiger partial charge is 0.388 e. The number of carbonyl (C=O) groups excluding carboxylic acids is 1. The lowest BCUT2D eigenvalue weighted by Gasteiger charge is -2.09. The van der Waals surface area contributed by atoms with Gasteiger partial charge in [-0.3, -0.25) is 4.79 Å². The molecule has 4 aromatic rings. The molecule has 0 fully saturated rings. The number of amides is 1. The normalized spacial score (nSPS) is 10.5. The summed E-state index contributed by atoms with van der Waals surface area (Å²) in [7, 11) is 3.25. The zero-order valence-electron chi connectivity index (χ0n) is 17.9. The van der Waals surface area contributed by atoms with Crippen molar-refractivity contribution in [2.75, 3.05) is 25.3 Å². The van der Waals surface area contributed by atoms with Gasteiger partial charge in [0.05, 0.1) is 20.5 Å². The molecule has 1 amide bonds. The lowest BCUT2D eigenvalue weighted by molar-refractivity contribution is -0.105. The molecular formula is C24H26N2O2S3. The number of ether oxygens (including phenoxy) is 1. The Morgan fingerprint density at radius 2 is 1.94 bits per heavy atom. The number of unbranched alkanes of at least 4 members (excludes halogenated alkanes) is 1. The molecule has 7 heteroatoms. The van der Waals surface area contributed by atoms with E-state index in [2.05, 4.69) is 46.6 Å². The molecule has 1 N–H and O–H groups in total. The average molecular weight is 471 g/mol. The van der Waals surface area contributed by atoms with Crippen molar-refractivity contribution in [2.45, 2.75) is 24.0 Å². The molecule has 0 unspecified atom stereocenters. The minimum absolute atomic E-state index is 0.771. The van der Waals surface area contributed by atoms with Crippen molar-refractivity contribution < 1.29 is 9.53 Å². The number of thioether (sulfide) groups is 1. The molecule has 4 nitrogen and oxygen atoms in total. The van der Waals surface area contributed by atoms with Crippen LogP contribution < -0.4 is 5.32 Å². The smallest absolute Gasteiger partial charge is 0.211 e. The molecule has 0 aliphatic rings. The number of hydrogen-bond donors (Lipinski definition) is 1. The highest BCUT2D eigenvalue weighted by Crippen LogP contribution is 2.46. The van der Waals surface area contributed by atoms with E-state index in [1.54, 1.807) is 48.7 Å². The molecule has 31 heavy (non-hydrogen) atoms. The van der Waals surface area contributed by atoms with Crippen LogP contribution in [-0.4, -0.2) is 31.4 Å². The summed E-state index contributed by atoms with van der Waals surface area (Å²) in [4.78, 5) is 18.4. The summed E-state index contributed by atoms with van der Waals surface area (Å²) in [6.45, 7) is 2.19. The van der Waals surface area contributed by atoms with Gasteiger partial charge in [0, 0.05) is 19.6 Å². The van der Waals surface area contributed by atoms with Gasteiger partial charge in [0.25, 0.3) is 0 Å². The van der Waals surface area contributed by atoms with Crippen LogP contribution in [0.5, 0.6) is 0 Å². The van der Waals surface area contributed by atoms with Gasteiger partial charge in [0.15, 0.2) is 0 Å². The number of benzene rings is 1. The Morgan fingerprint density at radius 1 is 1.16 bits per heavy atom. The zero-order valence-corrected chi connectivity index (χ0v) is 20.3. The first kappa shape index (κ1) is 23.5. The molecule has 0 saturated carbocycles. The highest BCUT2D eigenvalue weighted by molar-refractivity contribution is 8.01. The number of nitrogens with one attached hydrogen (secondary N) is 1. The predicted octanol–water partition coefficient (Wildman–Crippen LogP) is 7.41. The van der Waals surface area contributed by atoms with Gasteiger partial charge in [-0.15, -0.1) is 34.4 Å². The van der Waals surface area contributed by atoms with Crippen LogP contribution in [0.4, 0.5) is 5.69 Å². The van der Waals surface area contributed by atoms with Crippen molar-refractivity contribution in [1.29, 1.82) is 0 Å². The highest BCUT2D eigenvalue weighted by Gasteiger charge is 2.19. The number of hydrogen-bond acceptors (Lipinski definition) is 6. The minimum Gasteiger partial charge on any atom is -0.388 e. The van der Waals surface area contributed by atoms with Crippen molar-refractivity contribution in [3.8, 4) is 21.7 Å².